The Morgan fingerprint density at radius 3 is 2.39 bits per heavy atom. The van der Waals surface area contributed by atoms with E-state index in [1.807, 2.05) is 0 Å². The van der Waals surface area contributed by atoms with E-state index in [9.17, 15) is 22.8 Å². The number of anilines is 1. The van der Waals surface area contributed by atoms with Crippen LogP contribution in [0, 0.1) is 0 Å². The van der Waals surface area contributed by atoms with Crippen molar-refractivity contribution in [2.24, 2.45) is 0 Å². The number of halogens is 4. The van der Waals surface area contributed by atoms with Gasteiger partial charge >= 0.3 is 18.1 Å². The van der Waals surface area contributed by atoms with Gasteiger partial charge in [0.1, 0.15) is 12.4 Å². The van der Waals surface area contributed by atoms with Gasteiger partial charge in [0, 0.05) is 10.7 Å². The number of carbonyl (C=O) groups is 2. The van der Waals surface area contributed by atoms with Crippen molar-refractivity contribution < 1.29 is 27.9 Å². The van der Waals surface area contributed by atoms with E-state index in [0.29, 0.717) is 4.47 Å². The van der Waals surface area contributed by atoms with Crippen LogP contribution in [0.25, 0.3) is 0 Å². The summed E-state index contributed by atoms with van der Waals surface area (Å²) in [7, 11) is 0. The smallest absolute Gasteiger partial charge is 0.471 e. The molecule has 5 nitrogen and oxygen atoms in total. The van der Waals surface area contributed by atoms with E-state index in [-0.39, 0.29) is 10.7 Å². The maximum Gasteiger partial charge on any atom is 0.471 e. The Morgan fingerprint density at radius 1 is 1.39 bits per heavy atom. The molecule has 1 heterocycles. The Morgan fingerprint density at radius 2 is 2.00 bits per heavy atom. The topological polar surface area (TPSA) is 70.5 Å². The van der Waals surface area contributed by atoms with Gasteiger partial charge in [0.05, 0.1) is 0 Å². The highest BCUT2D eigenvalue weighted by Crippen LogP contribution is 2.23. The fraction of sp³-hybridized carbons (Fsp3) is 0.222. The van der Waals surface area contributed by atoms with Crippen molar-refractivity contribution in [3.05, 3.63) is 22.8 Å². The summed E-state index contributed by atoms with van der Waals surface area (Å²) in [4.78, 5) is 25.2. The fourth-order valence-electron chi connectivity index (χ4n) is 1.07. The lowest BCUT2D eigenvalue weighted by molar-refractivity contribution is -0.171. The predicted octanol–water partition coefficient (Wildman–Crippen LogP) is 1.82. The molecule has 9 heteroatoms. The number of carbonyl (C=O) groups excluding carboxylic acids is 1. The van der Waals surface area contributed by atoms with E-state index in [2.05, 4.69) is 20.9 Å². The molecule has 98 valence electrons. The lowest BCUT2D eigenvalue weighted by atomic mass is 10.4. The van der Waals surface area contributed by atoms with Crippen LogP contribution in [0.1, 0.15) is 0 Å². The van der Waals surface area contributed by atoms with Gasteiger partial charge in [-0.2, -0.15) is 13.2 Å². The second-order valence-corrected chi connectivity index (χ2v) is 4.03. The number of rotatable bonds is 3. The van der Waals surface area contributed by atoms with Crippen LogP contribution in [-0.4, -0.2) is 34.7 Å². The molecular formula is C9H6BrF3N2O3. The van der Waals surface area contributed by atoms with E-state index < -0.39 is 24.6 Å². The molecule has 0 atom stereocenters. The van der Waals surface area contributed by atoms with E-state index >= 15 is 0 Å². The van der Waals surface area contributed by atoms with Crippen LogP contribution in [-0.2, 0) is 9.59 Å². The maximum atomic E-state index is 12.3. The molecule has 0 aliphatic rings. The van der Waals surface area contributed by atoms with Gasteiger partial charge in [0.25, 0.3) is 0 Å². The van der Waals surface area contributed by atoms with Gasteiger partial charge in [-0.15, -0.1) is 0 Å². The lowest BCUT2D eigenvalue weighted by Crippen LogP contribution is -2.44. The third-order valence-corrected chi connectivity index (χ3v) is 2.24. The number of carboxylic acids is 1. The summed E-state index contributed by atoms with van der Waals surface area (Å²) in [5.41, 5.74) is 0. The molecule has 0 unspecified atom stereocenters. The van der Waals surface area contributed by atoms with Gasteiger partial charge < -0.3 is 5.11 Å². The van der Waals surface area contributed by atoms with E-state index in [0.717, 1.165) is 12.3 Å². The van der Waals surface area contributed by atoms with Gasteiger partial charge in [-0.25, -0.2) is 4.98 Å². The predicted molar refractivity (Wildman–Crippen MR) is 58.0 cm³/mol. The SMILES string of the molecule is O=C(O)CN(C(=O)C(F)(F)F)c1ccc(Br)cn1. The summed E-state index contributed by atoms with van der Waals surface area (Å²) in [5.74, 6) is -4.24. The van der Waals surface area contributed by atoms with Gasteiger partial charge in [0.2, 0.25) is 0 Å². The highest BCUT2D eigenvalue weighted by atomic mass is 79.9. The number of aromatic nitrogens is 1. The normalized spacial score (nSPS) is 11.1. The summed E-state index contributed by atoms with van der Waals surface area (Å²) in [5, 5.41) is 8.52. The zero-order chi connectivity index (χ0) is 13.9. The monoisotopic (exact) mass is 326 g/mol. The third kappa shape index (κ3) is 3.69. The number of alkyl halides is 3. The standard InChI is InChI=1S/C9H6BrF3N2O3/c10-5-1-2-6(14-3-5)15(4-7(16)17)8(18)9(11,12)13/h1-3H,4H2,(H,16,17). The molecule has 0 saturated carbocycles. The number of aliphatic carboxylic acids is 1. The largest absolute Gasteiger partial charge is 0.480 e. The molecule has 0 fully saturated rings. The minimum absolute atomic E-state index is 0.0504. The number of hydrogen-bond acceptors (Lipinski definition) is 3. The summed E-state index contributed by atoms with van der Waals surface area (Å²) in [6.45, 7) is -1.12. The average Bonchev–Trinajstić information content (AvgIpc) is 2.25. The van der Waals surface area contributed by atoms with Crippen LogP contribution in [0.2, 0.25) is 0 Å². The average molecular weight is 327 g/mol. The molecule has 1 rings (SSSR count). The number of carboxylic acid groups (broad SMARTS) is 1. The van der Waals surface area contributed by atoms with E-state index in [1.165, 1.54) is 6.07 Å². The molecule has 0 aliphatic heterocycles. The third-order valence-electron chi connectivity index (χ3n) is 1.77. The van der Waals surface area contributed by atoms with Gasteiger partial charge in [-0.1, -0.05) is 0 Å². The fourth-order valence-corrected chi connectivity index (χ4v) is 1.31. The maximum absolute atomic E-state index is 12.3. The van der Waals surface area contributed by atoms with Crippen molar-refractivity contribution in [1.29, 1.82) is 0 Å². The van der Waals surface area contributed by atoms with Gasteiger partial charge in [0.15, 0.2) is 0 Å². The Bertz CT molecular complexity index is 461. The first kappa shape index (κ1) is 14.4. The van der Waals surface area contributed by atoms with Crippen LogP contribution in [0.5, 0.6) is 0 Å². The molecule has 1 aromatic rings. The van der Waals surface area contributed by atoms with Crippen LogP contribution in [0.3, 0.4) is 0 Å². The highest BCUT2D eigenvalue weighted by molar-refractivity contribution is 9.10. The number of pyridine rings is 1. The summed E-state index contributed by atoms with van der Waals surface area (Å²) < 4.78 is 37.4. The van der Waals surface area contributed by atoms with Crippen LogP contribution >= 0.6 is 15.9 Å². The van der Waals surface area contributed by atoms with Crippen LogP contribution in [0.4, 0.5) is 19.0 Å². The van der Waals surface area contributed by atoms with Crippen molar-refractivity contribution in [2.45, 2.75) is 6.18 Å². The van der Waals surface area contributed by atoms with E-state index in [1.54, 1.807) is 0 Å². The zero-order valence-corrected chi connectivity index (χ0v) is 10.2. The Hall–Kier alpha value is -1.64. The molecule has 1 N–H and O–H groups in total. The summed E-state index contributed by atoms with van der Waals surface area (Å²) in [6, 6.07) is 2.46. The quantitative estimate of drug-likeness (QED) is 0.919. The highest BCUT2D eigenvalue weighted by Gasteiger charge is 2.44. The Labute approximate surface area is 107 Å². The first-order valence-electron chi connectivity index (χ1n) is 4.44. The van der Waals surface area contributed by atoms with Crippen LogP contribution < -0.4 is 4.90 Å². The van der Waals surface area contributed by atoms with Crippen molar-refractivity contribution in [3.8, 4) is 0 Å². The molecule has 1 aromatic heterocycles. The molecule has 1 amide bonds. The number of amides is 1. The van der Waals surface area contributed by atoms with Gasteiger partial charge in [-0.3, -0.25) is 14.5 Å². The van der Waals surface area contributed by atoms with Crippen molar-refractivity contribution in [2.75, 3.05) is 11.4 Å². The molecule has 18 heavy (non-hydrogen) atoms. The molecule has 0 aromatic carbocycles. The summed E-state index contributed by atoms with van der Waals surface area (Å²) >= 11 is 3.02. The van der Waals surface area contributed by atoms with E-state index in [4.69, 9.17) is 5.11 Å². The Kier molecular flexibility index (Phi) is 4.28. The Balaban J connectivity index is 3.09. The molecule has 0 spiro atoms. The van der Waals surface area contributed by atoms with Crippen molar-refractivity contribution in [1.82, 2.24) is 4.98 Å². The minimum Gasteiger partial charge on any atom is -0.480 e. The number of hydrogen-bond donors (Lipinski definition) is 1. The lowest BCUT2D eigenvalue weighted by Gasteiger charge is -2.20. The molecule has 0 saturated heterocycles. The second kappa shape index (κ2) is 5.34. The molecule has 0 aliphatic carbocycles. The number of nitrogens with zero attached hydrogens (tertiary/aromatic N) is 2. The van der Waals surface area contributed by atoms with Gasteiger partial charge in [-0.05, 0) is 28.1 Å². The zero-order valence-electron chi connectivity index (χ0n) is 8.61. The second-order valence-electron chi connectivity index (χ2n) is 3.12. The van der Waals surface area contributed by atoms with Crippen molar-refractivity contribution >= 4 is 33.6 Å². The van der Waals surface area contributed by atoms with Crippen molar-refractivity contribution in [3.63, 3.8) is 0 Å². The molecular weight excluding hydrogens is 321 g/mol. The molecule has 0 bridgehead atoms. The first-order valence-corrected chi connectivity index (χ1v) is 5.23. The van der Waals surface area contributed by atoms with Crippen LogP contribution in [0.15, 0.2) is 22.8 Å². The first-order chi connectivity index (χ1) is 8.21. The summed E-state index contributed by atoms with van der Waals surface area (Å²) in [6.07, 6.45) is -4.00. The molecule has 0 radical (unpaired) electrons. The minimum atomic E-state index is -5.16.